The molecule has 9 nitrogen and oxygen atoms in total. The quantitative estimate of drug-likeness (QED) is 0.570. The van der Waals surface area contributed by atoms with Gasteiger partial charge in [0.05, 0.1) is 12.2 Å². The molecule has 3 N–H and O–H groups in total. The van der Waals surface area contributed by atoms with Crippen LogP contribution in [0.4, 0.5) is 16.6 Å². The van der Waals surface area contributed by atoms with Gasteiger partial charge < -0.3 is 20.7 Å². The van der Waals surface area contributed by atoms with Gasteiger partial charge in [0.2, 0.25) is 5.95 Å². The van der Waals surface area contributed by atoms with E-state index in [4.69, 9.17) is 4.74 Å². The van der Waals surface area contributed by atoms with Crippen LogP contribution >= 0.6 is 0 Å². The summed E-state index contributed by atoms with van der Waals surface area (Å²) in [5, 5.41) is 20.1. The Balaban J connectivity index is 1.20. The molecule has 2 unspecified atom stereocenters. The second-order valence-electron chi connectivity index (χ2n) is 11.7. The molecule has 34 heavy (non-hydrogen) atoms. The highest BCUT2D eigenvalue weighted by Gasteiger charge is 2.76. The second kappa shape index (κ2) is 6.95. The van der Waals surface area contributed by atoms with Gasteiger partial charge in [-0.25, -0.2) is 9.78 Å². The van der Waals surface area contributed by atoms with Crippen molar-refractivity contribution in [2.24, 2.45) is 5.92 Å². The summed E-state index contributed by atoms with van der Waals surface area (Å²) in [7, 11) is 0. The van der Waals surface area contributed by atoms with Crippen molar-refractivity contribution < 1.29 is 9.53 Å². The van der Waals surface area contributed by atoms with Crippen LogP contribution in [0.15, 0.2) is 29.8 Å². The Bertz CT molecular complexity index is 1160. The molecule has 1 saturated carbocycles. The third-order valence-corrected chi connectivity index (χ3v) is 7.63. The summed E-state index contributed by atoms with van der Waals surface area (Å²) in [6, 6.07) is 2.67. The van der Waals surface area contributed by atoms with E-state index >= 15 is 0 Å². The van der Waals surface area contributed by atoms with Crippen LogP contribution in [0.5, 0.6) is 0 Å². The summed E-state index contributed by atoms with van der Waals surface area (Å²) < 4.78 is 5.56. The number of allylic oxidation sites excluding steroid dienone is 1. The van der Waals surface area contributed by atoms with Crippen molar-refractivity contribution in [2.45, 2.75) is 88.5 Å². The maximum Gasteiger partial charge on any atom is 0.416 e. The van der Waals surface area contributed by atoms with Crippen LogP contribution in [0.25, 0.3) is 0 Å². The van der Waals surface area contributed by atoms with Crippen LogP contribution in [0.2, 0.25) is 0 Å². The van der Waals surface area contributed by atoms with Gasteiger partial charge in [0.25, 0.3) is 0 Å². The van der Waals surface area contributed by atoms with E-state index in [1.807, 2.05) is 11.0 Å². The lowest BCUT2D eigenvalue weighted by Gasteiger charge is -2.46. The topological polar surface area (TPSA) is 115 Å². The predicted molar refractivity (Wildman–Crippen MR) is 127 cm³/mol. The third-order valence-electron chi connectivity index (χ3n) is 7.63. The number of piperidine rings is 1. The maximum absolute atomic E-state index is 12.3. The number of anilines is 2. The molecule has 2 atom stereocenters. The van der Waals surface area contributed by atoms with Crippen molar-refractivity contribution in [2.75, 3.05) is 10.6 Å². The Kier molecular flexibility index (Phi) is 4.38. The number of carbonyl (C=O) groups is 1. The number of hydrogen-bond donors (Lipinski definition) is 3. The molecule has 1 aromatic heterocycles. The fourth-order valence-corrected chi connectivity index (χ4v) is 6.55. The number of nitrogens with zero attached hydrogens (tertiary/aromatic N) is 4. The lowest BCUT2D eigenvalue weighted by molar-refractivity contribution is 0.170. The van der Waals surface area contributed by atoms with Crippen LogP contribution < -0.4 is 16.0 Å². The number of nitriles is 1. The van der Waals surface area contributed by atoms with E-state index in [0.29, 0.717) is 29.3 Å². The van der Waals surface area contributed by atoms with Crippen LogP contribution in [0.1, 0.15) is 65.4 Å². The van der Waals surface area contributed by atoms with Gasteiger partial charge in [0.15, 0.2) is 0 Å². The minimum Gasteiger partial charge on any atom is -0.412 e. The van der Waals surface area contributed by atoms with Gasteiger partial charge in [-0.15, -0.1) is 0 Å². The number of rotatable bonds is 5. The average Bonchev–Trinajstić information content (AvgIpc) is 3.62. The summed E-state index contributed by atoms with van der Waals surface area (Å²) >= 11 is 0. The first-order chi connectivity index (χ1) is 16.1. The number of amides is 1. The standard InChI is InChI=1S/C25H31N7O2/c1-23(2)10-17(11-24(3,4)31-23)28-20-15(12-26)13-27-21(30-20)29-16-7-8-25-18(9-16)34-22(33)32(25)19(25)14-5-6-14/h7,9,13-14,17,19,31H,5-6,8,10-11H2,1-4H3,(H2,27,28,29,30). The summed E-state index contributed by atoms with van der Waals surface area (Å²) in [5.74, 6) is 2.28. The van der Waals surface area contributed by atoms with Crippen LogP contribution in [-0.2, 0) is 4.74 Å². The van der Waals surface area contributed by atoms with Gasteiger partial charge in [-0.2, -0.15) is 10.2 Å². The molecule has 4 fully saturated rings. The SMILES string of the molecule is CC1(C)CC(Nc2nc(NC3=CCC45C(=C3)OC(=O)N4C5C3CC3)ncc2C#N)CC(C)(C)N1. The maximum atomic E-state index is 12.3. The van der Waals surface area contributed by atoms with Gasteiger partial charge in [0.1, 0.15) is 28.7 Å². The molecule has 5 aliphatic rings. The third kappa shape index (κ3) is 3.43. The fraction of sp³-hybridized carbons (Fsp3) is 0.600. The van der Waals surface area contributed by atoms with E-state index in [0.717, 1.165) is 30.7 Å². The highest BCUT2D eigenvalue weighted by atomic mass is 16.6. The zero-order chi connectivity index (χ0) is 23.9. The van der Waals surface area contributed by atoms with E-state index in [1.54, 1.807) is 6.20 Å². The van der Waals surface area contributed by atoms with Gasteiger partial charge in [-0.1, -0.05) is 6.08 Å². The largest absolute Gasteiger partial charge is 0.416 e. The Morgan fingerprint density at radius 2 is 1.97 bits per heavy atom. The van der Waals surface area contributed by atoms with Gasteiger partial charge in [-0.3, -0.25) is 4.90 Å². The Hall–Kier alpha value is -3.12. The lowest BCUT2D eigenvalue weighted by atomic mass is 9.79. The first kappa shape index (κ1) is 21.4. The van der Waals surface area contributed by atoms with Crippen molar-refractivity contribution in [1.29, 1.82) is 5.26 Å². The van der Waals surface area contributed by atoms with E-state index in [2.05, 4.69) is 65.8 Å². The normalized spacial score (nSPS) is 30.9. The molecule has 2 aliphatic carbocycles. The molecule has 0 aromatic carbocycles. The number of aromatic nitrogens is 2. The molecule has 0 bridgehead atoms. The fourth-order valence-electron chi connectivity index (χ4n) is 6.55. The molecule has 178 valence electrons. The lowest BCUT2D eigenvalue weighted by Crippen LogP contribution is -2.60. The molecule has 4 heterocycles. The number of hydrogen-bond acceptors (Lipinski definition) is 8. The molecule has 3 aliphatic heterocycles. The summed E-state index contributed by atoms with van der Waals surface area (Å²) in [4.78, 5) is 23.2. The van der Waals surface area contributed by atoms with E-state index in [-0.39, 0.29) is 28.8 Å². The highest BCUT2D eigenvalue weighted by molar-refractivity contribution is 5.82. The molecule has 3 saturated heterocycles. The van der Waals surface area contributed by atoms with E-state index < -0.39 is 0 Å². The van der Waals surface area contributed by atoms with Crippen molar-refractivity contribution in [3.63, 3.8) is 0 Å². The molecular formula is C25H31N7O2. The highest BCUT2D eigenvalue weighted by Crippen LogP contribution is 2.63. The van der Waals surface area contributed by atoms with Crippen LogP contribution in [-0.4, -0.2) is 49.7 Å². The Morgan fingerprint density at radius 1 is 1.24 bits per heavy atom. The molecule has 1 spiro atoms. The van der Waals surface area contributed by atoms with Gasteiger partial charge in [-0.05, 0) is 59.3 Å². The first-order valence-electron chi connectivity index (χ1n) is 12.1. The number of ether oxygens (including phenoxy) is 1. The number of carbonyl (C=O) groups excluding carboxylic acids is 1. The molecule has 1 aromatic rings. The van der Waals surface area contributed by atoms with E-state index in [9.17, 15) is 10.1 Å². The summed E-state index contributed by atoms with van der Waals surface area (Å²) in [5.41, 5.74) is 0.902. The summed E-state index contributed by atoms with van der Waals surface area (Å²) in [6.45, 7) is 8.78. The molecular weight excluding hydrogens is 430 g/mol. The molecule has 1 amide bonds. The van der Waals surface area contributed by atoms with Crippen molar-refractivity contribution >= 4 is 17.9 Å². The predicted octanol–water partition coefficient (Wildman–Crippen LogP) is 3.64. The van der Waals surface area contributed by atoms with E-state index in [1.165, 1.54) is 12.8 Å². The Morgan fingerprint density at radius 3 is 2.65 bits per heavy atom. The Labute approximate surface area is 199 Å². The van der Waals surface area contributed by atoms with Gasteiger partial charge in [0, 0.05) is 35.3 Å². The average molecular weight is 462 g/mol. The van der Waals surface area contributed by atoms with Crippen molar-refractivity contribution in [3.8, 4) is 6.07 Å². The first-order valence-corrected chi connectivity index (χ1v) is 12.1. The minimum atomic E-state index is -0.268. The zero-order valence-corrected chi connectivity index (χ0v) is 20.1. The minimum absolute atomic E-state index is 0.0247. The number of nitrogens with one attached hydrogen (secondary N) is 3. The molecule has 9 heteroatoms. The molecule has 0 radical (unpaired) electrons. The van der Waals surface area contributed by atoms with Crippen LogP contribution in [0.3, 0.4) is 0 Å². The second-order valence-corrected chi connectivity index (χ2v) is 11.7. The molecule has 6 rings (SSSR count). The smallest absolute Gasteiger partial charge is 0.412 e. The zero-order valence-electron chi connectivity index (χ0n) is 20.1. The van der Waals surface area contributed by atoms with Crippen molar-refractivity contribution in [3.05, 3.63) is 35.4 Å². The summed E-state index contributed by atoms with van der Waals surface area (Å²) in [6.07, 6.45) is 10.3. The van der Waals surface area contributed by atoms with Crippen LogP contribution in [0, 0.1) is 17.2 Å². The monoisotopic (exact) mass is 461 g/mol. The van der Waals surface area contributed by atoms with Gasteiger partial charge >= 0.3 is 6.09 Å². The van der Waals surface area contributed by atoms with Crippen molar-refractivity contribution in [1.82, 2.24) is 20.2 Å².